The highest BCUT2D eigenvalue weighted by atomic mass is 32.2. The van der Waals surface area contributed by atoms with Crippen molar-refractivity contribution in [1.29, 1.82) is 0 Å². The molecule has 0 fully saturated rings. The topological polar surface area (TPSA) is 121 Å². The SMILES string of the molecule is CCNC(=NCCCNS(C)(=O)=O)NCCc1ccc(NC(=O)OC(C)(C)C)cc1. The molecule has 10 heteroatoms. The number of nitrogens with one attached hydrogen (secondary N) is 4. The summed E-state index contributed by atoms with van der Waals surface area (Å²) in [5.74, 6) is 0.695. The quantitative estimate of drug-likeness (QED) is 0.251. The highest BCUT2D eigenvalue weighted by molar-refractivity contribution is 7.88. The van der Waals surface area contributed by atoms with Gasteiger partial charge >= 0.3 is 6.09 Å². The van der Waals surface area contributed by atoms with E-state index in [1.165, 1.54) is 0 Å². The Morgan fingerprint density at radius 1 is 1.10 bits per heavy atom. The van der Waals surface area contributed by atoms with Crippen LogP contribution in [0.15, 0.2) is 29.3 Å². The fourth-order valence-electron chi connectivity index (χ4n) is 2.37. The van der Waals surface area contributed by atoms with Gasteiger partial charge in [-0.05, 0) is 58.2 Å². The number of hydrogen-bond donors (Lipinski definition) is 4. The molecule has 0 saturated carbocycles. The number of aliphatic imine (C=N–C) groups is 1. The van der Waals surface area contributed by atoms with Crippen molar-refractivity contribution in [3.63, 3.8) is 0 Å². The molecule has 0 bridgehead atoms. The first-order valence-electron chi connectivity index (χ1n) is 10.0. The van der Waals surface area contributed by atoms with Crippen LogP contribution in [0.25, 0.3) is 0 Å². The normalized spacial score (nSPS) is 12.4. The predicted molar refractivity (Wildman–Crippen MR) is 121 cm³/mol. The zero-order chi connectivity index (χ0) is 22.6. The average Bonchev–Trinajstić information content (AvgIpc) is 2.60. The number of ether oxygens (including phenoxy) is 1. The van der Waals surface area contributed by atoms with E-state index in [1.54, 1.807) is 0 Å². The van der Waals surface area contributed by atoms with Crippen LogP contribution in [0.4, 0.5) is 10.5 Å². The Morgan fingerprint density at radius 2 is 1.77 bits per heavy atom. The number of hydrogen-bond acceptors (Lipinski definition) is 5. The van der Waals surface area contributed by atoms with E-state index in [0.29, 0.717) is 37.7 Å². The minimum absolute atomic E-state index is 0.366. The lowest BCUT2D eigenvalue weighted by Crippen LogP contribution is -2.38. The summed E-state index contributed by atoms with van der Waals surface area (Å²) in [5, 5.41) is 9.13. The monoisotopic (exact) mass is 441 g/mol. The minimum Gasteiger partial charge on any atom is -0.444 e. The first-order valence-corrected chi connectivity index (χ1v) is 11.9. The van der Waals surface area contributed by atoms with Gasteiger partial charge in [0.1, 0.15) is 5.60 Å². The Bertz CT molecular complexity index is 786. The van der Waals surface area contributed by atoms with Gasteiger partial charge in [0.25, 0.3) is 0 Å². The molecule has 1 rings (SSSR count). The van der Waals surface area contributed by atoms with Crippen LogP contribution in [-0.2, 0) is 21.2 Å². The second-order valence-corrected chi connectivity index (χ2v) is 9.61. The molecule has 0 radical (unpaired) electrons. The fourth-order valence-corrected chi connectivity index (χ4v) is 2.89. The largest absolute Gasteiger partial charge is 0.444 e. The minimum atomic E-state index is -3.16. The lowest BCUT2D eigenvalue weighted by Gasteiger charge is -2.19. The molecule has 0 aliphatic rings. The Kier molecular flexibility index (Phi) is 10.6. The van der Waals surface area contributed by atoms with Gasteiger partial charge < -0.3 is 15.4 Å². The Labute approximate surface area is 180 Å². The molecular formula is C20H35N5O4S. The molecule has 1 aromatic rings. The molecule has 9 nitrogen and oxygen atoms in total. The van der Waals surface area contributed by atoms with Gasteiger partial charge in [0.2, 0.25) is 10.0 Å². The van der Waals surface area contributed by atoms with Crippen molar-refractivity contribution in [3.8, 4) is 0 Å². The van der Waals surface area contributed by atoms with E-state index in [1.807, 2.05) is 52.0 Å². The Morgan fingerprint density at radius 3 is 2.33 bits per heavy atom. The second-order valence-electron chi connectivity index (χ2n) is 7.78. The van der Waals surface area contributed by atoms with E-state index in [0.717, 1.165) is 24.8 Å². The van der Waals surface area contributed by atoms with Crippen molar-refractivity contribution in [2.45, 2.75) is 46.1 Å². The van der Waals surface area contributed by atoms with Crippen LogP contribution < -0.4 is 20.7 Å². The fraction of sp³-hybridized carbons (Fsp3) is 0.600. The van der Waals surface area contributed by atoms with Gasteiger partial charge in [0.15, 0.2) is 5.96 Å². The van der Waals surface area contributed by atoms with Crippen molar-refractivity contribution >= 4 is 27.8 Å². The number of rotatable bonds is 10. The van der Waals surface area contributed by atoms with Gasteiger partial charge in [0, 0.05) is 31.9 Å². The van der Waals surface area contributed by atoms with E-state index in [9.17, 15) is 13.2 Å². The summed E-state index contributed by atoms with van der Waals surface area (Å²) in [5.41, 5.74) is 1.26. The molecule has 170 valence electrons. The van der Waals surface area contributed by atoms with Crippen LogP contribution in [0, 0.1) is 0 Å². The van der Waals surface area contributed by atoms with E-state index < -0.39 is 21.7 Å². The molecule has 1 amide bonds. The lowest BCUT2D eigenvalue weighted by molar-refractivity contribution is 0.0636. The Hall–Kier alpha value is -2.33. The lowest BCUT2D eigenvalue weighted by atomic mass is 10.1. The first kappa shape index (κ1) is 25.7. The maximum Gasteiger partial charge on any atom is 0.412 e. The van der Waals surface area contributed by atoms with Crippen molar-refractivity contribution in [2.24, 2.45) is 4.99 Å². The Balaban J connectivity index is 2.42. The zero-order valence-electron chi connectivity index (χ0n) is 18.5. The molecule has 0 saturated heterocycles. The van der Waals surface area contributed by atoms with E-state index in [4.69, 9.17) is 4.74 Å². The summed E-state index contributed by atoms with van der Waals surface area (Å²) < 4.78 is 29.8. The summed E-state index contributed by atoms with van der Waals surface area (Å²) in [6.07, 6.45) is 2.07. The number of carbonyl (C=O) groups is 1. The number of nitrogens with zero attached hydrogens (tertiary/aromatic N) is 1. The number of anilines is 1. The van der Waals surface area contributed by atoms with E-state index >= 15 is 0 Å². The highest BCUT2D eigenvalue weighted by Crippen LogP contribution is 2.13. The summed E-state index contributed by atoms with van der Waals surface area (Å²) in [7, 11) is -3.16. The van der Waals surface area contributed by atoms with Crippen LogP contribution >= 0.6 is 0 Å². The molecular weight excluding hydrogens is 406 g/mol. The smallest absolute Gasteiger partial charge is 0.412 e. The first-order chi connectivity index (χ1) is 14.0. The molecule has 0 aliphatic carbocycles. The van der Waals surface area contributed by atoms with Crippen LogP contribution in [0.5, 0.6) is 0 Å². The zero-order valence-corrected chi connectivity index (χ0v) is 19.4. The molecule has 0 spiro atoms. The van der Waals surface area contributed by atoms with Crippen LogP contribution in [0.2, 0.25) is 0 Å². The molecule has 0 atom stereocenters. The standard InChI is InChI=1S/C20H35N5O4S/c1-6-21-18(22-13-7-14-24-30(5,27)28)23-15-12-16-8-10-17(11-9-16)25-19(26)29-20(2,3)4/h8-11,24H,6-7,12-15H2,1-5H3,(H,25,26)(H2,21,22,23). The number of carbonyl (C=O) groups excluding carboxylic acids is 1. The third kappa shape index (κ3) is 13.0. The maximum atomic E-state index is 11.8. The molecule has 4 N–H and O–H groups in total. The van der Waals surface area contributed by atoms with Crippen LogP contribution in [0.3, 0.4) is 0 Å². The molecule has 0 heterocycles. The van der Waals surface area contributed by atoms with Crippen molar-refractivity contribution in [3.05, 3.63) is 29.8 Å². The second kappa shape index (κ2) is 12.4. The number of guanidine groups is 1. The summed E-state index contributed by atoms with van der Waals surface area (Å²) in [6.45, 7) is 9.75. The highest BCUT2D eigenvalue weighted by Gasteiger charge is 2.16. The van der Waals surface area contributed by atoms with Gasteiger partial charge in [-0.1, -0.05) is 12.1 Å². The van der Waals surface area contributed by atoms with Gasteiger partial charge in [-0.25, -0.2) is 17.9 Å². The maximum absolute atomic E-state index is 11.8. The van der Waals surface area contributed by atoms with Crippen LogP contribution in [0.1, 0.15) is 39.7 Å². The van der Waals surface area contributed by atoms with Gasteiger partial charge in [-0.3, -0.25) is 10.3 Å². The molecule has 0 aliphatic heterocycles. The van der Waals surface area contributed by atoms with Crippen molar-refractivity contribution in [2.75, 3.05) is 37.8 Å². The average molecular weight is 442 g/mol. The summed E-state index contributed by atoms with van der Waals surface area (Å²) in [4.78, 5) is 16.2. The predicted octanol–water partition coefficient (Wildman–Crippen LogP) is 2.07. The van der Waals surface area contributed by atoms with Gasteiger partial charge in [-0.2, -0.15) is 0 Å². The number of amides is 1. The van der Waals surface area contributed by atoms with E-state index in [2.05, 4.69) is 25.7 Å². The molecule has 1 aromatic carbocycles. The molecule has 0 aromatic heterocycles. The third-order valence-electron chi connectivity index (χ3n) is 3.62. The number of benzene rings is 1. The van der Waals surface area contributed by atoms with Crippen molar-refractivity contribution in [1.82, 2.24) is 15.4 Å². The molecule has 30 heavy (non-hydrogen) atoms. The summed E-state index contributed by atoms with van der Waals surface area (Å²) >= 11 is 0. The summed E-state index contributed by atoms with van der Waals surface area (Å²) in [6, 6.07) is 7.59. The van der Waals surface area contributed by atoms with Crippen LogP contribution in [-0.4, -0.2) is 58.5 Å². The van der Waals surface area contributed by atoms with Gasteiger partial charge in [0.05, 0.1) is 6.26 Å². The number of sulfonamides is 1. The molecule has 0 unspecified atom stereocenters. The third-order valence-corrected chi connectivity index (χ3v) is 4.35. The van der Waals surface area contributed by atoms with Gasteiger partial charge in [-0.15, -0.1) is 0 Å². The van der Waals surface area contributed by atoms with E-state index in [-0.39, 0.29) is 0 Å². The van der Waals surface area contributed by atoms with Crippen molar-refractivity contribution < 1.29 is 17.9 Å².